The number of amides is 1. The number of hydrogen-bond acceptors (Lipinski definition) is 3. The molecule has 1 aliphatic heterocycles. The van der Waals surface area contributed by atoms with Crippen LogP contribution >= 0.6 is 0 Å². The summed E-state index contributed by atoms with van der Waals surface area (Å²) >= 11 is 0. The Kier molecular flexibility index (Phi) is 5.83. The Bertz CT molecular complexity index is 496. The van der Waals surface area contributed by atoms with Crippen LogP contribution in [0.2, 0.25) is 0 Å². The standard InChI is InChI=1S/C18H28N2O2/c1-14-8-10-20(11-9-14)18(21)15(2)19(3)13-16-6-5-7-17(12-16)22-4/h5-7,12,14-15H,8-11,13H2,1-4H3. The monoisotopic (exact) mass is 304 g/mol. The Balaban J connectivity index is 1.93. The zero-order chi connectivity index (χ0) is 16.1. The molecule has 1 heterocycles. The van der Waals surface area contributed by atoms with Crippen LogP contribution in [0.3, 0.4) is 0 Å². The summed E-state index contributed by atoms with van der Waals surface area (Å²) < 4.78 is 5.26. The Morgan fingerprint density at radius 3 is 2.73 bits per heavy atom. The van der Waals surface area contributed by atoms with Crippen molar-refractivity contribution in [3.63, 3.8) is 0 Å². The molecule has 1 atom stereocenters. The van der Waals surface area contributed by atoms with Gasteiger partial charge in [0.2, 0.25) is 5.91 Å². The Labute approximate surface area is 134 Å². The largest absolute Gasteiger partial charge is 0.497 e. The maximum atomic E-state index is 12.6. The molecule has 0 N–H and O–H groups in total. The first kappa shape index (κ1) is 16.8. The summed E-state index contributed by atoms with van der Waals surface area (Å²) in [5.41, 5.74) is 1.16. The van der Waals surface area contributed by atoms with E-state index >= 15 is 0 Å². The van der Waals surface area contributed by atoms with Crippen molar-refractivity contribution < 1.29 is 9.53 Å². The fourth-order valence-corrected chi connectivity index (χ4v) is 2.88. The third kappa shape index (κ3) is 4.23. The van der Waals surface area contributed by atoms with E-state index in [0.717, 1.165) is 49.7 Å². The molecule has 1 unspecified atom stereocenters. The highest BCUT2D eigenvalue weighted by Crippen LogP contribution is 2.19. The molecule has 0 radical (unpaired) electrons. The van der Waals surface area contributed by atoms with Gasteiger partial charge in [0, 0.05) is 19.6 Å². The number of likely N-dealkylation sites (N-methyl/N-ethyl adjacent to an activating group) is 1. The van der Waals surface area contributed by atoms with Crippen LogP contribution in [0, 0.1) is 5.92 Å². The number of benzene rings is 1. The van der Waals surface area contributed by atoms with E-state index in [1.165, 1.54) is 0 Å². The van der Waals surface area contributed by atoms with Crippen LogP contribution in [-0.4, -0.2) is 49.0 Å². The number of nitrogens with zero attached hydrogens (tertiary/aromatic N) is 2. The predicted molar refractivity (Wildman–Crippen MR) is 88.9 cm³/mol. The lowest BCUT2D eigenvalue weighted by atomic mass is 9.98. The highest BCUT2D eigenvalue weighted by atomic mass is 16.5. The molecule has 2 rings (SSSR count). The fraction of sp³-hybridized carbons (Fsp3) is 0.611. The zero-order valence-corrected chi connectivity index (χ0v) is 14.2. The molecule has 1 fully saturated rings. The van der Waals surface area contributed by atoms with Gasteiger partial charge in [0.05, 0.1) is 13.2 Å². The average Bonchev–Trinajstić information content (AvgIpc) is 2.54. The van der Waals surface area contributed by atoms with Crippen LogP contribution in [-0.2, 0) is 11.3 Å². The van der Waals surface area contributed by atoms with Crippen LogP contribution in [0.25, 0.3) is 0 Å². The van der Waals surface area contributed by atoms with Gasteiger partial charge in [0.1, 0.15) is 5.75 Å². The summed E-state index contributed by atoms with van der Waals surface area (Å²) in [5, 5.41) is 0. The second kappa shape index (κ2) is 7.63. The maximum Gasteiger partial charge on any atom is 0.239 e. The van der Waals surface area contributed by atoms with Crippen LogP contribution in [0.4, 0.5) is 0 Å². The van der Waals surface area contributed by atoms with Crippen molar-refractivity contribution in [3.05, 3.63) is 29.8 Å². The van der Waals surface area contributed by atoms with Crippen LogP contribution in [0.1, 0.15) is 32.3 Å². The number of methoxy groups -OCH3 is 1. The molecule has 1 saturated heterocycles. The first-order chi connectivity index (χ1) is 10.5. The normalized spacial score (nSPS) is 17.6. The molecule has 1 aromatic rings. The Morgan fingerprint density at radius 2 is 2.09 bits per heavy atom. The molecular weight excluding hydrogens is 276 g/mol. The molecule has 0 bridgehead atoms. The molecule has 0 spiro atoms. The third-order valence-electron chi connectivity index (χ3n) is 4.68. The highest BCUT2D eigenvalue weighted by molar-refractivity contribution is 5.81. The van der Waals surface area contributed by atoms with Gasteiger partial charge >= 0.3 is 0 Å². The maximum absolute atomic E-state index is 12.6. The summed E-state index contributed by atoms with van der Waals surface area (Å²) in [5.74, 6) is 1.85. The molecule has 0 aromatic heterocycles. The lowest BCUT2D eigenvalue weighted by Crippen LogP contribution is -2.48. The second-order valence-corrected chi connectivity index (χ2v) is 6.45. The minimum atomic E-state index is -0.0976. The van der Waals surface area contributed by atoms with Crippen molar-refractivity contribution in [1.29, 1.82) is 0 Å². The molecule has 0 aliphatic carbocycles. The quantitative estimate of drug-likeness (QED) is 0.838. The van der Waals surface area contributed by atoms with Crippen molar-refractivity contribution in [2.45, 2.75) is 39.3 Å². The van der Waals surface area contributed by atoms with E-state index in [1.807, 2.05) is 37.1 Å². The summed E-state index contributed by atoms with van der Waals surface area (Å²) in [7, 11) is 3.68. The third-order valence-corrected chi connectivity index (χ3v) is 4.68. The fourth-order valence-electron chi connectivity index (χ4n) is 2.88. The van der Waals surface area contributed by atoms with E-state index < -0.39 is 0 Å². The molecule has 1 aliphatic rings. The van der Waals surface area contributed by atoms with Gasteiger partial charge < -0.3 is 9.64 Å². The number of likely N-dealkylation sites (tertiary alicyclic amines) is 1. The molecule has 1 aromatic carbocycles. The minimum absolute atomic E-state index is 0.0976. The van der Waals surface area contributed by atoms with Gasteiger partial charge in [-0.15, -0.1) is 0 Å². The van der Waals surface area contributed by atoms with Crippen LogP contribution < -0.4 is 4.74 Å². The highest BCUT2D eigenvalue weighted by Gasteiger charge is 2.26. The van der Waals surface area contributed by atoms with Crippen LogP contribution in [0.5, 0.6) is 5.75 Å². The SMILES string of the molecule is COc1cccc(CN(C)C(C)C(=O)N2CCC(C)CC2)c1. The van der Waals surface area contributed by atoms with E-state index in [-0.39, 0.29) is 11.9 Å². The lowest BCUT2D eigenvalue weighted by molar-refractivity contribution is -0.137. The number of ether oxygens (including phenoxy) is 1. The van der Waals surface area contributed by atoms with Crippen molar-refractivity contribution in [2.75, 3.05) is 27.2 Å². The van der Waals surface area contributed by atoms with Crippen LogP contribution in [0.15, 0.2) is 24.3 Å². The van der Waals surface area contributed by atoms with Crippen molar-refractivity contribution in [3.8, 4) is 5.75 Å². The van der Waals surface area contributed by atoms with Gasteiger partial charge in [0.25, 0.3) is 0 Å². The van der Waals surface area contributed by atoms with E-state index in [2.05, 4.69) is 17.9 Å². The van der Waals surface area contributed by atoms with E-state index in [4.69, 9.17) is 4.74 Å². The molecule has 22 heavy (non-hydrogen) atoms. The molecule has 1 amide bonds. The first-order valence-electron chi connectivity index (χ1n) is 8.13. The zero-order valence-electron chi connectivity index (χ0n) is 14.2. The van der Waals surface area contributed by atoms with Gasteiger partial charge in [-0.1, -0.05) is 19.1 Å². The topological polar surface area (TPSA) is 32.8 Å². The molecule has 4 heteroatoms. The van der Waals surface area contributed by atoms with Gasteiger partial charge in [-0.05, 0) is 50.4 Å². The van der Waals surface area contributed by atoms with Crippen molar-refractivity contribution >= 4 is 5.91 Å². The van der Waals surface area contributed by atoms with Gasteiger partial charge in [-0.25, -0.2) is 0 Å². The predicted octanol–water partition coefficient (Wildman–Crippen LogP) is 2.77. The summed E-state index contributed by atoms with van der Waals surface area (Å²) in [6.45, 7) is 6.81. The molecule has 122 valence electrons. The van der Waals surface area contributed by atoms with Crippen molar-refractivity contribution in [1.82, 2.24) is 9.80 Å². The van der Waals surface area contributed by atoms with E-state index in [0.29, 0.717) is 0 Å². The number of carbonyl (C=O) groups excluding carboxylic acids is 1. The van der Waals surface area contributed by atoms with Gasteiger partial charge in [0.15, 0.2) is 0 Å². The van der Waals surface area contributed by atoms with Gasteiger partial charge in [-0.3, -0.25) is 9.69 Å². The minimum Gasteiger partial charge on any atom is -0.497 e. The second-order valence-electron chi connectivity index (χ2n) is 6.45. The van der Waals surface area contributed by atoms with Gasteiger partial charge in [-0.2, -0.15) is 0 Å². The number of rotatable bonds is 5. The summed E-state index contributed by atoms with van der Waals surface area (Å²) in [6, 6.07) is 7.92. The molecular formula is C18H28N2O2. The first-order valence-corrected chi connectivity index (χ1v) is 8.13. The number of piperidine rings is 1. The summed E-state index contributed by atoms with van der Waals surface area (Å²) in [4.78, 5) is 16.7. The average molecular weight is 304 g/mol. The van der Waals surface area contributed by atoms with Crippen molar-refractivity contribution in [2.24, 2.45) is 5.92 Å². The number of hydrogen-bond donors (Lipinski definition) is 0. The lowest BCUT2D eigenvalue weighted by Gasteiger charge is -2.34. The molecule has 4 nitrogen and oxygen atoms in total. The number of carbonyl (C=O) groups is 1. The molecule has 0 saturated carbocycles. The van der Waals surface area contributed by atoms with E-state index in [9.17, 15) is 4.79 Å². The Morgan fingerprint density at radius 1 is 1.41 bits per heavy atom. The summed E-state index contributed by atoms with van der Waals surface area (Å²) in [6.07, 6.45) is 2.25. The Hall–Kier alpha value is -1.55. The smallest absolute Gasteiger partial charge is 0.239 e. The van der Waals surface area contributed by atoms with E-state index in [1.54, 1.807) is 7.11 Å².